The van der Waals surface area contributed by atoms with Gasteiger partial charge >= 0.3 is 0 Å². The molecule has 0 aliphatic carbocycles. The SMILES string of the molecule is C1COCOC1.C[C@H]1CN(c2ncnc(CC(C)(C)C)n2)CCN1. The summed E-state index contributed by atoms with van der Waals surface area (Å²) in [7, 11) is 0. The van der Waals surface area contributed by atoms with Crippen LogP contribution in [0.2, 0.25) is 0 Å². The van der Waals surface area contributed by atoms with Crippen molar-refractivity contribution in [3.8, 4) is 0 Å². The standard InChI is InChI=1S/C13H23N5.C4H8O2/c1-10-8-18(6-5-14-10)12-16-9-15-11(17-12)7-13(2,3)4;1-2-5-4-6-3-1/h9-10,14H,5-8H2,1-4H3;1-4H2/t10-;/m0./s1. The predicted octanol–water partition coefficient (Wildman–Crippen LogP) is 1.64. The van der Waals surface area contributed by atoms with Gasteiger partial charge in [0.15, 0.2) is 0 Å². The highest BCUT2D eigenvalue weighted by Crippen LogP contribution is 2.19. The van der Waals surface area contributed by atoms with Crippen LogP contribution in [0.1, 0.15) is 39.9 Å². The average Bonchev–Trinajstić information content (AvgIpc) is 2.56. The first-order valence-electron chi connectivity index (χ1n) is 8.76. The number of aromatic nitrogens is 3. The predicted molar refractivity (Wildman–Crippen MR) is 94.1 cm³/mol. The van der Waals surface area contributed by atoms with Gasteiger partial charge < -0.3 is 19.7 Å². The maximum absolute atomic E-state index is 4.85. The van der Waals surface area contributed by atoms with Gasteiger partial charge in [0.1, 0.15) is 18.9 Å². The molecule has 0 aromatic carbocycles. The molecule has 2 aliphatic heterocycles. The van der Waals surface area contributed by atoms with E-state index in [-0.39, 0.29) is 5.41 Å². The zero-order chi connectivity index (χ0) is 17.4. The highest BCUT2D eigenvalue weighted by Gasteiger charge is 2.19. The molecule has 1 aromatic rings. The Hall–Kier alpha value is -1.31. The first-order valence-corrected chi connectivity index (χ1v) is 8.76. The summed E-state index contributed by atoms with van der Waals surface area (Å²) in [5, 5.41) is 3.42. The molecule has 0 amide bonds. The summed E-state index contributed by atoms with van der Waals surface area (Å²) >= 11 is 0. The summed E-state index contributed by atoms with van der Waals surface area (Å²) < 4.78 is 9.69. The Morgan fingerprint density at radius 2 is 2.00 bits per heavy atom. The quantitative estimate of drug-likeness (QED) is 0.879. The second-order valence-corrected chi connectivity index (χ2v) is 7.53. The highest BCUT2D eigenvalue weighted by atomic mass is 16.7. The van der Waals surface area contributed by atoms with Crippen LogP contribution >= 0.6 is 0 Å². The zero-order valence-corrected chi connectivity index (χ0v) is 15.4. The molecule has 0 saturated carbocycles. The van der Waals surface area contributed by atoms with Crippen LogP contribution in [0, 0.1) is 5.41 Å². The molecule has 3 rings (SSSR count). The van der Waals surface area contributed by atoms with Gasteiger partial charge in [0.25, 0.3) is 0 Å². The van der Waals surface area contributed by atoms with E-state index >= 15 is 0 Å². The van der Waals surface area contributed by atoms with E-state index in [1.54, 1.807) is 6.33 Å². The lowest BCUT2D eigenvalue weighted by Gasteiger charge is -2.31. The van der Waals surface area contributed by atoms with Crippen LogP contribution in [-0.4, -0.2) is 60.6 Å². The van der Waals surface area contributed by atoms with Gasteiger partial charge in [-0.1, -0.05) is 20.8 Å². The molecule has 3 heterocycles. The third-order valence-electron chi connectivity index (χ3n) is 3.69. The van der Waals surface area contributed by atoms with Crippen LogP contribution in [0.15, 0.2) is 6.33 Å². The Bertz CT molecular complexity index is 477. The fourth-order valence-electron chi connectivity index (χ4n) is 2.59. The van der Waals surface area contributed by atoms with E-state index in [9.17, 15) is 0 Å². The topological polar surface area (TPSA) is 72.4 Å². The summed E-state index contributed by atoms with van der Waals surface area (Å²) in [4.78, 5) is 15.4. The van der Waals surface area contributed by atoms with Crippen molar-refractivity contribution in [2.24, 2.45) is 5.41 Å². The molecule has 1 aromatic heterocycles. The van der Waals surface area contributed by atoms with Gasteiger partial charge in [0, 0.05) is 32.1 Å². The molecule has 136 valence electrons. The van der Waals surface area contributed by atoms with Crippen molar-refractivity contribution in [2.45, 2.75) is 46.6 Å². The molecule has 2 saturated heterocycles. The molecule has 2 aliphatic rings. The highest BCUT2D eigenvalue weighted by molar-refractivity contribution is 5.30. The largest absolute Gasteiger partial charge is 0.355 e. The second-order valence-electron chi connectivity index (χ2n) is 7.53. The summed E-state index contributed by atoms with van der Waals surface area (Å²) in [5.41, 5.74) is 0.204. The molecule has 2 fully saturated rings. The summed E-state index contributed by atoms with van der Waals surface area (Å²) in [5.74, 6) is 1.70. The molecule has 0 unspecified atom stereocenters. The number of hydrogen-bond acceptors (Lipinski definition) is 7. The van der Waals surface area contributed by atoms with Crippen LogP contribution in [0.4, 0.5) is 5.95 Å². The Balaban J connectivity index is 0.000000292. The number of ether oxygens (including phenoxy) is 2. The molecule has 7 heteroatoms. The van der Waals surface area contributed by atoms with Crippen molar-refractivity contribution in [3.05, 3.63) is 12.2 Å². The van der Waals surface area contributed by atoms with E-state index in [4.69, 9.17) is 9.47 Å². The summed E-state index contributed by atoms with van der Waals surface area (Å²) in [6.45, 7) is 13.9. The summed E-state index contributed by atoms with van der Waals surface area (Å²) in [6.07, 6.45) is 3.57. The second kappa shape index (κ2) is 9.25. The third kappa shape index (κ3) is 7.07. The van der Waals surface area contributed by atoms with Crippen molar-refractivity contribution in [2.75, 3.05) is 44.5 Å². The van der Waals surface area contributed by atoms with Crippen LogP contribution in [0.3, 0.4) is 0 Å². The Kier molecular flexibility index (Phi) is 7.33. The van der Waals surface area contributed by atoms with E-state index in [0.717, 1.165) is 57.5 Å². The molecule has 0 spiro atoms. The number of hydrogen-bond donors (Lipinski definition) is 1. The van der Waals surface area contributed by atoms with Crippen molar-refractivity contribution in [3.63, 3.8) is 0 Å². The van der Waals surface area contributed by atoms with E-state index < -0.39 is 0 Å². The number of anilines is 1. The molecule has 1 N–H and O–H groups in total. The van der Waals surface area contributed by atoms with Crippen LogP contribution in [-0.2, 0) is 15.9 Å². The van der Waals surface area contributed by atoms with Gasteiger partial charge in [0.05, 0.1) is 13.2 Å². The van der Waals surface area contributed by atoms with E-state index in [2.05, 4.69) is 52.9 Å². The van der Waals surface area contributed by atoms with Gasteiger partial charge in [-0.2, -0.15) is 4.98 Å². The minimum absolute atomic E-state index is 0.204. The first-order chi connectivity index (χ1) is 11.4. The fraction of sp³-hybridized carbons (Fsp3) is 0.824. The maximum atomic E-state index is 4.85. The maximum Gasteiger partial charge on any atom is 0.228 e. The lowest BCUT2D eigenvalue weighted by molar-refractivity contribution is -0.0963. The van der Waals surface area contributed by atoms with Crippen molar-refractivity contribution in [1.29, 1.82) is 0 Å². The normalized spacial score (nSPS) is 21.8. The molecular weight excluding hydrogens is 306 g/mol. The molecule has 1 atom stereocenters. The minimum atomic E-state index is 0.204. The Labute approximate surface area is 145 Å². The van der Waals surface area contributed by atoms with Crippen molar-refractivity contribution >= 4 is 5.95 Å². The van der Waals surface area contributed by atoms with E-state index in [0.29, 0.717) is 12.8 Å². The number of nitrogens with one attached hydrogen (secondary N) is 1. The molecular formula is C17H31N5O2. The van der Waals surface area contributed by atoms with Gasteiger partial charge in [0.2, 0.25) is 5.95 Å². The van der Waals surface area contributed by atoms with E-state index in [1.165, 1.54) is 0 Å². The zero-order valence-electron chi connectivity index (χ0n) is 15.4. The van der Waals surface area contributed by atoms with Crippen molar-refractivity contribution in [1.82, 2.24) is 20.3 Å². The number of nitrogens with zero attached hydrogens (tertiary/aromatic N) is 4. The lowest BCUT2D eigenvalue weighted by Crippen LogP contribution is -2.49. The summed E-state index contributed by atoms with van der Waals surface area (Å²) in [6, 6.07) is 0.488. The molecule has 7 nitrogen and oxygen atoms in total. The lowest BCUT2D eigenvalue weighted by atomic mass is 9.92. The van der Waals surface area contributed by atoms with Gasteiger partial charge in [-0.05, 0) is 18.8 Å². The molecule has 0 bridgehead atoms. The number of rotatable bonds is 2. The number of piperazine rings is 1. The van der Waals surface area contributed by atoms with Crippen LogP contribution < -0.4 is 10.2 Å². The van der Waals surface area contributed by atoms with Crippen LogP contribution in [0.5, 0.6) is 0 Å². The fourth-order valence-corrected chi connectivity index (χ4v) is 2.59. The Morgan fingerprint density at radius 3 is 2.54 bits per heavy atom. The first kappa shape index (κ1) is 19.0. The molecule has 24 heavy (non-hydrogen) atoms. The smallest absolute Gasteiger partial charge is 0.228 e. The monoisotopic (exact) mass is 337 g/mol. The minimum Gasteiger partial charge on any atom is -0.355 e. The Morgan fingerprint density at radius 1 is 1.25 bits per heavy atom. The molecule has 0 radical (unpaired) electrons. The average molecular weight is 337 g/mol. The van der Waals surface area contributed by atoms with Gasteiger partial charge in [-0.15, -0.1) is 0 Å². The van der Waals surface area contributed by atoms with Crippen molar-refractivity contribution < 1.29 is 9.47 Å². The van der Waals surface area contributed by atoms with Crippen LogP contribution in [0.25, 0.3) is 0 Å². The van der Waals surface area contributed by atoms with E-state index in [1.807, 2.05) is 0 Å². The third-order valence-corrected chi connectivity index (χ3v) is 3.69. The van der Waals surface area contributed by atoms with Gasteiger partial charge in [-0.25, -0.2) is 9.97 Å². The van der Waals surface area contributed by atoms with Gasteiger partial charge in [-0.3, -0.25) is 0 Å².